The second-order valence-electron chi connectivity index (χ2n) is 6.44. The van der Waals surface area contributed by atoms with Gasteiger partial charge in [-0.2, -0.15) is 0 Å². The number of amides is 1. The lowest BCUT2D eigenvalue weighted by Gasteiger charge is -2.35. The van der Waals surface area contributed by atoms with E-state index in [4.69, 9.17) is 4.74 Å². The summed E-state index contributed by atoms with van der Waals surface area (Å²) in [5.41, 5.74) is -0.340. The third kappa shape index (κ3) is 3.66. The maximum absolute atomic E-state index is 12.8. The van der Waals surface area contributed by atoms with Crippen molar-refractivity contribution >= 4 is 11.9 Å². The third-order valence-electron chi connectivity index (χ3n) is 4.61. The van der Waals surface area contributed by atoms with E-state index in [1.807, 2.05) is 0 Å². The highest BCUT2D eigenvalue weighted by atomic mass is 16.5. The second kappa shape index (κ2) is 7.15. The minimum absolute atomic E-state index is 0.0511. The minimum atomic E-state index is -0.391. The minimum Gasteiger partial charge on any atom is -0.466 e. The molecule has 0 spiro atoms. The van der Waals surface area contributed by atoms with E-state index in [0.29, 0.717) is 24.9 Å². The lowest BCUT2D eigenvalue weighted by Crippen LogP contribution is -2.46. The molecule has 2 fully saturated rings. The summed E-state index contributed by atoms with van der Waals surface area (Å²) >= 11 is 0. The molecule has 3 rings (SSSR count). The molecule has 0 bridgehead atoms. The molecule has 24 heavy (non-hydrogen) atoms. The van der Waals surface area contributed by atoms with Gasteiger partial charge < -0.3 is 14.6 Å². The number of H-pyrrole nitrogens is 1. The van der Waals surface area contributed by atoms with E-state index < -0.39 is 5.56 Å². The van der Waals surface area contributed by atoms with Crippen molar-refractivity contribution in [2.45, 2.75) is 57.4 Å². The van der Waals surface area contributed by atoms with Gasteiger partial charge >= 0.3 is 5.97 Å². The van der Waals surface area contributed by atoms with E-state index in [2.05, 4.69) is 9.97 Å². The maximum atomic E-state index is 12.8. The van der Waals surface area contributed by atoms with Crippen LogP contribution in [0.1, 0.15) is 67.5 Å². The summed E-state index contributed by atoms with van der Waals surface area (Å²) in [6.07, 6.45) is 6.19. The van der Waals surface area contributed by atoms with Crippen LogP contribution in [-0.4, -0.2) is 45.9 Å². The zero-order valence-electron chi connectivity index (χ0n) is 13.9. The van der Waals surface area contributed by atoms with Crippen molar-refractivity contribution in [3.05, 3.63) is 27.9 Å². The van der Waals surface area contributed by atoms with Gasteiger partial charge in [-0.1, -0.05) is 0 Å². The molecule has 1 aliphatic heterocycles. The highest BCUT2D eigenvalue weighted by Gasteiger charge is 2.32. The first-order valence-corrected chi connectivity index (χ1v) is 8.66. The number of ether oxygens (including phenoxy) is 1. The monoisotopic (exact) mass is 333 g/mol. The summed E-state index contributed by atoms with van der Waals surface area (Å²) in [5, 5.41) is 0. The first-order chi connectivity index (χ1) is 11.6. The van der Waals surface area contributed by atoms with Crippen LogP contribution in [-0.2, 0) is 9.53 Å². The van der Waals surface area contributed by atoms with Crippen LogP contribution < -0.4 is 5.56 Å². The lowest BCUT2D eigenvalue weighted by atomic mass is 9.98. The summed E-state index contributed by atoms with van der Waals surface area (Å²) in [6, 6.07) is -0.215. The van der Waals surface area contributed by atoms with Crippen LogP contribution in [0.15, 0.2) is 11.0 Å². The molecule has 0 aromatic carbocycles. The average Bonchev–Trinajstić information content (AvgIpc) is 3.40. The summed E-state index contributed by atoms with van der Waals surface area (Å²) in [5.74, 6) is 0.338. The predicted molar refractivity (Wildman–Crippen MR) is 86.8 cm³/mol. The molecule has 1 aliphatic carbocycles. The van der Waals surface area contributed by atoms with Crippen LogP contribution in [0, 0.1) is 0 Å². The van der Waals surface area contributed by atoms with Gasteiger partial charge in [0.05, 0.1) is 13.0 Å². The molecule has 7 nitrogen and oxygen atoms in total. The van der Waals surface area contributed by atoms with Crippen LogP contribution in [0.3, 0.4) is 0 Å². The summed E-state index contributed by atoms with van der Waals surface area (Å²) in [4.78, 5) is 45.4. The van der Waals surface area contributed by atoms with Crippen LogP contribution in [0.2, 0.25) is 0 Å². The number of aromatic amines is 1. The van der Waals surface area contributed by atoms with Gasteiger partial charge in [-0.3, -0.25) is 14.4 Å². The Morgan fingerprint density at radius 3 is 2.79 bits per heavy atom. The molecule has 1 saturated carbocycles. The van der Waals surface area contributed by atoms with Crippen molar-refractivity contribution in [2.75, 3.05) is 13.2 Å². The van der Waals surface area contributed by atoms with Crippen molar-refractivity contribution in [3.8, 4) is 0 Å². The van der Waals surface area contributed by atoms with Crippen molar-refractivity contribution < 1.29 is 14.3 Å². The normalized spacial score (nSPS) is 20.7. The molecule has 2 aliphatic rings. The zero-order chi connectivity index (χ0) is 17.1. The summed E-state index contributed by atoms with van der Waals surface area (Å²) in [6.45, 7) is 2.63. The van der Waals surface area contributed by atoms with Crippen molar-refractivity contribution in [1.29, 1.82) is 0 Å². The Hall–Kier alpha value is -2.18. The standard InChI is InChI=1S/C17H23N3O4/c1-2-24-14(21)9-12-5-3-4-8-20(12)17(23)13-10-18-15(11-6-7-11)19-16(13)22/h10-12H,2-9H2,1H3,(H,18,19,22)/t12-/m0/s1. The van der Waals surface area contributed by atoms with Gasteiger partial charge in [0, 0.05) is 24.7 Å². The van der Waals surface area contributed by atoms with E-state index in [-0.39, 0.29) is 29.9 Å². The number of hydrogen-bond acceptors (Lipinski definition) is 5. The van der Waals surface area contributed by atoms with Crippen LogP contribution in [0.4, 0.5) is 0 Å². The number of esters is 1. The Balaban J connectivity index is 1.76. The molecule has 130 valence electrons. The number of hydrogen-bond donors (Lipinski definition) is 1. The van der Waals surface area contributed by atoms with Gasteiger partial charge in [-0.05, 0) is 39.0 Å². The molecule has 1 aromatic rings. The van der Waals surface area contributed by atoms with Crippen LogP contribution in [0.25, 0.3) is 0 Å². The predicted octanol–water partition coefficient (Wildman–Crippen LogP) is 1.60. The number of rotatable bonds is 5. The molecule has 1 aromatic heterocycles. The van der Waals surface area contributed by atoms with Gasteiger partial charge in [0.1, 0.15) is 11.4 Å². The Morgan fingerprint density at radius 2 is 2.12 bits per heavy atom. The number of piperidine rings is 1. The average molecular weight is 333 g/mol. The Bertz CT molecular complexity index is 681. The van der Waals surface area contributed by atoms with E-state index in [0.717, 1.165) is 32.1 Å². The Kier molecular flexibility index (Phi) is 4.97. The Labute approximate surface area is 140 Å². The number of carbonyl (C=O) groups is 2. The Morgan fingerprint density at radius 1 is 1.33 bits per heavy atom. The zero-order valence-corrected chi connectivity index (χ0v) is 13.9. The second-order valence-corrected chi connectivity index (χ2v) is 6.44. The fourth-order valence-corrected chi connectivity index (χ4v) is 3.17. The molecule has 7 heteroatoms. The van der Waals surface area contributed by atoms with E-state index in [1.165, 1.54) is 6.20 Å². The molecule has 0 unspecified atom stereocenters. The summed E-state index contributed by atoms with van der Waals surface area (Å²) < 4.78 is 4.99. The molecular weight excluding hydrogens is 310 g/mol. The quantitative estimate of drug-likeness (QED) is 0.826. The van der Waals surface area contributed by atoms with Gasteiger partial charge in [0.25, 0.3) is 11.5 Å². The van der Waals surface area contributed by atoms with E-state index in [1.54, 1.807) is 11.8 Å². The molecule has 1 saturated heterocycles. The SMILES string of the molecule is CCOC(=O)C[C@@H]1CCCCN1C(=O)c1cnc(C2CC2)[nH]c1=O. The van der Waals surface area contributed by atoms with Crippen LogP contribution in [0.5, 0.6) is 0 Å². The smallest absolute Gasteiger partial charge is 0.307 e. The van der Waals surface area contributed by atoms with Crippen molar-refractivity contribution in [3.63, 3.8) is 0 Å². The van der Waals surface area contributed by atoms with Gasteiger partial charge in [-0.15, -0.1) is 0 Å². The first-order valence-electron chi connectivity index (χ1n) is 8.66. The third-order valence-corrected chi connectivity index (χ3v) is 4.61. The fraction of sp³-hybridized carbons (Fsp3) is 0.647. The largest absolute Gasteiger partial charge is 0.466 e. The number of carbonyl (C=O) groups excluding carboxylic acids is 2. The molecule has 1 N–H and O–H groups in total. The van der Waals surface area contributed by atoms with Gasteiger partial charge in [-0.25, -0.2) is 4.98 Å². The molecule has 0 radical (unpaired) electrons. The van der Waals surface area contributed by atoms with Gasteiger partial charge in [0.15, 0.2) is 0 Å². The number of nitrogens with one attached hydrogen (secondary N) is 1. The lowest BCUT2D eigenvalue weighted by molar-refractivity contribution is -0.144. The van der Waals surface area contributed by atoms with Crippen LogP contribution >= 0.6 is 0 Å². The van der Waals surface area contributed by atoms with Crippen molar-refractivity contribution in [2.24, 2.45) is 0 Å². The van der Waals surface area contributed by atoms with Crippen molar-refractivity contribution in [1.82, 2.24) is 14.9 Å². The molecule has 2 heterocycles. The van der Waals surface area contributed by atoms with E-state index >= 15 is 0 Å². The molecular formula is C17H23N3O4. The highest BCUT2D eigenvalue weighted by molar-refractivity contribution is 5.94. The van der Waals surface area contributed by atoms with Gasteiger partial charge in [0.2, 0.25) is 0 Å². The number of nitrogens with zero attached hydrogens (tertiary/aromatic N) is 2. The first kappa shape index (κ1) is 16.7. The maximum Gasteiger partial charge on any atom is 0.307 e. The topological polar surface area (TPSA) is 92.4 Å². The molecule has 1 atom stereocenters. The fourth-order valence-electron chi connectivity index (χ4n) is 3.17. The molecule has 1 amide bonds. The van der Waals surface area contributed by atoms with E-state index in [9.17, 15) is 14.4 Å². The number of likely N-dealkylation sites (tertiary alicyclic amines) is 1. The number of aromatic nitrogens is 2. The highest BCUT2D eigenvalue weighted by Crippen LogP contribution is 2.37. The summed E-state index contributed by atoms with van der Waals surface area (Å²) in [7, 11) is 0.